The van der Waals surface area contributed by atoms with Crippen LogP contribution in [0.5, 0.6) is 0 Å². The van der Waals surface area contributed by atoms with Gasteiger partial charge in [-0.25, -0.2) is 9.97 Å². The van der Waals surface area contributed by atoms with Gasteiger partial charge >= 0.3 is 0 Å². The van der Waals surface area contributed by atoms with Crippen LogP contribution < -0.4 is 10.6 Å². The van der Waals surface area contributed by atoms with Crippen LogP contribution in [0.25, 0.3) is 0 Å². The van der Waals surface area contributed by atoms with Crippen molar-refractivity contribution in [2.24, 2.45) is 0 Å². The number of hydrogen-bond donors (Lipinski definition) is 2. The molecule has 122 valence electrons. The third-order valence-electron chi connectivity index (χ3n) is 3.27. The van der Waals surface area contributed by atoms with Crippen molar-refractivity contribution in [2.45, 2.75) is 33.6 Å². The van der Waals surface area contributed by atoms with Crippen molar-refractivity contribution in [2.75, 3.05) is 11.9 Å². The van der Waals surface area contributed by atoms with Crippen LogP contribution in [0.3, 0.4) is 0 Å². The predicted molar refractivity (Wildman–Crippen MR) is 96.2 cm³/mol. The summed E-state index contributed by atoms with van der Waals surface area (Å²) >= 11 is 3.53. The second-order valence-corrected chi connectivity index (χ2v) is 6.26. The number of halogens is 1. The number of anilines is 2. The Bertz CT molecular complexity index is 703. The van der Waals surface area contributed by atoms with E-state index in [-0.39, 0.29) is 5.91 Å². The standard InChI is InChI=1S/C17H21BrN4O/c1-4-5-8-19-17(23)15-10-16(21-12(3)20-15)22-14-7-6-11(2)9-13(14)18/h6-7,9-10H,4-5,8H2,1-3H3,(H,19,23)(H,20,21,22). The Morgan fingerprint density at radius 2 is 2.00 bits per heavy atom. The summed E-state index contributed by atoms with van der Waals surface area (Å²) in [4.78, 5) is 20.7. The van der Waals surface area contributed by atoms with E-state index in [0.717, 1.165) is 28.6 Å². The number of aryl methyl sites for hydroxylation is 2. The summed E-state index contributed by atoms with van der Waals surface area (Å²) in [6.45, 7) is 6.55. The van der Waals surface area contributed by atoms with E-state index in [2.05, 4.69) is 43.5 Å². The Morgan fingerprint density at radius 1 is 1.22 bits per heavy atom. The van der Waals surface area contributed by atoms with Gasteiger partial charge in [0.05, 0.1) is 5.69 Å². The van der Waals surface area contributed by atoms with Gasteiger partial charge < -0.3 is 10.6 Å². The van der Waals surface area contributed by atoms with E-state index in [1.165, 1.54) is 0 Å². The number of rotatable bonds is 6. The van der Waals surface area contributed by atoms with E-state index < -0.39 is 0 Å². The predicted octanol–water partition coefficient (Wildman–Crippen LogP) is 4.13. The molecule has 0 saturated carbocycles. The largest absolute Gasteiger partial charge is 0.351 e. The Balaban J connectivity index is 2.18. The summed E-state index contributed by atoms with van der Waals surface area (Å²) in [5.41, 5.74) is 2.43. The molecule has 0 aliphatic rings. The maximum atomic E-state index is 12.1. The molecule has 0 radical (unpaired) electrons. The summed E-state index contributed by atoms with van der Waals surface area (Å²) in [5, 5.41) is 6.10. The topological polar surface area (TPSA) is 66.9 Å². The lowest BCUT2D eigenvalue weighted by Crippen LogP contribution is -2.25. The van der Waals surface area contributed by atoms with Gasteiger partial charge in [0, 0.05) is 17.1 Å². The Labute approximate surface area is 145 Å². The van der Waals surface area contributed by atoms with E-state index in [0.29, 0.717) is 23.9 Å². The van der Waals surface area contributed by atoms with E-state index >= 15 is 0 Å². The highest BCUT2D eigenvalue weighted by molar-refractivity contribution is 9.10. The quantitative estimate of drug-likeness (QED) is 0.743. The summed E-state index contributed by atoms with van der Waals surface area (Å²) in [7, 11) is 0. The molecular formula is C17H21BrN4O. The van der Waals surface area contributed by atoms with Gasteiger partial charge in [-0.2, -0.15) is 0 Å². The average molecular weight is 377 g/mol. The fraction of sp³-hybridized carbons (Fsp3) is 0.353. The van der Waals surface area contributed by atoms with Crippen molar-refractivity contribution in [1.82, 2.24) is 15.3 Å². The summed E-state index contributed by atoms with van der Waals surface area (Å²) in [5.74, 6) is 0.983. The van der Waals surface area contributed by atoms with Crippen molar-refractivity contribution in [3.8, 4) is 0 Å². The molecule has 2 N–H and O–H groups in total. The van der Waals surface area contributed by atoms with Crippen molar-refractivity contribution >= 4 is 33.3 Å². The van der Waals surface area contributed by atoms with E-state index in [1.54, 1.807) is 13.0 Å². The molecule has 2 rings (SSSR count). The highest BCUT2D eigenvalue weighted by atomic mass is 79.9. The highest BCUT2D eigenvalue weighted by Crippen LogP contribution is 2.26. The van der Waals surface area contributed by atoms with Crippen LogP contribution in [-0.2, 0) is 0 Å². The minimum Gasteiger partial charge on any atom is -0.351 e. The van der Waals surface area contributed by atoms with Gasteiger partial charge in [0.1, 0.15) is 17.3 Å². The van der Waals surface area contributed by atoms with Crippen LogP contribution >= 0.6 is 15.9 Å². The summed E-state index contributed by atoms with van der Waals surface area (Å²) < 4.78 is 0.947. The van der Waals surface area contributed by atoms with Gasteiger partial charge in [-0.15, -0.1) is 0 Å². The zero-order valence-electron chi connectivity index (χ0n) is 13.6. The first-order valence-corrected chi connectivity index (χ1v) is 8.46. The molecule has 0 bridgehead atoms. The molecule has 0 spiro atoms. The molecule has 23 heavy (non-hydrogen) atoms. The number of carbonyl (C=O) groups is 1. The van der Waals surface area contributed by atoms with Crippen LogP contribution in [0.2, 0.25) is 0 Å². The number of nitrogens with one attached hydrogen (secondary N) is 2. The van der Waals surface area contributed by atoms with Crippen LogP contribution in [0.1, 0.15) is 41.6 Å². The van der Waals surface area contributed by atoms with E-state index in [9.17, 15) is 4.79 Å². The molecule has 0 saturated heterocycles. The third kappa shape index (κ3) is 5.03. The number of nitrogens with zero attached hydrogens (tertiary/aromatic N) is 2. The molecule has 1 heterocycles. The number of carbonyl (C=O) groups excluding carboxylic acids is 1. The van der Waals surface area contributed by atoms with Crippen molar-refractivity contribution in [3.63, 3.8) is 0 Å². The molecule has 0 unspecified atom stereocenters. The molecule has 1 aromatic heterocycles. The molecule has 0 aliphatic heterocycles. The maximum Gasteiger partial charge on any atom is 0.270 e. The second-order valence-electron chi connectivity index (χ2n) is 5.40. The molecule has 0 atom stereocenters. The number of benzene rings is 1. The molecule has 1 aromatic carbocycles. The lowest BCUT2D eigenvalue weighted by molar-refractivity contribution is 0.0948. The molecule has 5 nitrogen and oxygen atoms in total. The normalized spacial score (nSPS) is 10.4. The molecular weight excluding hydrogens is 356 g/mol. The molecule has 0 aliphatic carbocycles. The highest BCUT2D eigenvalue weighted by Gasteiger charge is 2.11. The first-order chi connectivity index (χ1) is 11.0. The number of hydrogen-bond acceptors (Lipinski definition) is 4. The molecule has 1 amide bonds. The lowest BCUT2D eigenvalue weighted by Gasteiger charge is -2.11. The number of unbranched alkanes of at least 4 members (excludes halogenated alkanes) is 1. The fourth-order valence-electron chi connectivity index (χ4n) is 2.08. The third-order valence-corrected chi connectivity index (χ3v) is 3.93. The second kappa shape index (κ2) is 8.06. The van der Waals surface area contributed by atoms with Crippen LogP contribution in [-0.4, -0.2) is 22.4 Å². The average Bonchev–Trinajstić information content (AvgIpc) is 2.50. The van der Waals surface area contributed by atoms with Crippen molar-refractivity contribution in [1.29, 1.82) is 0 Å². The minimum absolute atomic E-state index is 0.171. The fourth-order valence-corrected chi connectivity index (χ4v) is 2.67. The minimum atomic E-state index is -0.171. The Hall–Kier alpha value is -1.95. The van der Waals surface area contributed by atoms with Gasteiger partial charge in [-0.1, -0.05) is 19.4 Å². The Morgan fingerprint density at radius 3 is 2.70 bits per heavy atom. The molecule has 0 fully saturated rings. The summed E-state index contributed by atoms with van der Waals surface area (Å²) in [6.07, 6.45) is 1.99. The van der Waals surface area contributed by atoms with Gasteiger partial charge in [0.25, 0.3) is 5.91 Å². The van der Waals surface area contributed by atoms with Gasteiger partial charge in [-0.3, -0.25) is 4.79 Å². The lowest BCUT2D eigenvalue weighted by atomic mass is 10.2. The number of amides is 1. The van der Waals surface area contributed by atoms with Gasteiger partial charge in [0.2, 0.25) is 0 Å². The van der Waals surface area contributed by atoms with Crippen LogP contribution in [0.4, 0.5) is 11.5 Å². The monoisotopic (exact) mass is 376 g/mol. The molecule has 2 aromatic rings. The van der Waals surface area contributed by atoms with E-state index in [4.69, 9.17) is 0 Å². The van der Waals surface area contributed by atoms with E-state index in [1.807, 2.05) is 25.1 Å². The maximum absolute atomic E-state index is 12.1. The smallest absolute Gasteiger partial charge is 0.270 e. The zero-order chi connectivity index (χ0) is 16.8. The summed E-state index contributed by atoms with van der Waals surface area (Å²) in [6, 6.07) is 7.67. The SMILES string of the molecule is CCCCNC(=O)c1cc(Nc2ccc(C)cc2Br)nc(C)n1. The Kier molecular flexibility index (Phi) is 6.10. The van der Waals surface area contributed by atoms with Gasteiger partial charge in [0.15, 0.2) is 0 Å². The van der Waals surface area contributed by atoms with Crippen molar-refractivity contribution in [3.05, 3.63) is 45.8 Å². The van der Waals surface area contributed by atoms with Crippen molar-refractivity contribution < 1.29 is 4.79 Å². The molecule has 6 heteroatoms. The van der Waals surface area contributed by atoms with Crippen LogP contribution in [0, 0.1) is 13.8 Å². The number of aromatic nitrogens is 2. The van der Waals surface area contributed by atoms with Gasteiger partial charge in [-0.05, 0) is 53.9 Å². The first kappa shape index (κ1) is 17.4. The first-order valence-electron chi connectivity index (χ1n) is 7.66. The zero-order valence-corrected chi connectivity index (χ0v) is 15.2. The van der Waals surface area contributed by atoms with Crippen LogP contribution in [0.15, 0.2) is 28.7 Å².